The van der Waals surface area contributed by atoms with Gasteiger partial charge in [-0.2, -0.15) is 0 Å². The number of benzene rings is 2. The molecule has 3 aromatic rings. The molecule has 0 spiro atoms. The lowest BCUT2D eigenvalue weighted by Gasteiger charge is -2.05. The number of carbonyl (C=O) groups is 1. The average molecular weight is 336 g/mol. The van der Waals surface area contributed by atoms with Crippen molar-refractivity contribution >= 4 is 22.9 Å². The summed E-state index contributed by atoms with van der Waals surface area (Å²) < 4.78 is 0. The van der Waals surface area contributed by atoms with Gasteiger partial charge in [-0.3, -0.25) is 4.79 Å². The third-order valence-electron chi connectivity index (χ3n) is 3.82. The molecule has 1 N–H and O–H groups in total. The largest absolute Gasteiger partial charge is 0.326 e. The summed E-state index contributed by atoms with van der Waals surface area (Å²) in [7, 11) is 0. The predicted molar refractivity (Wildman–Crippen MR) is 101 cm³/mol. The van der Waals surface area contributed by atoms with Crippen molar-refractivity contribution in [3.05, 3.63) is 69.5 Å². The molecule has 0 saturated carbocycles. The number of rotatable bonds is 4. The number of amides is 1. The van der Waals surface area contributed by atoms with E-state index in [1.165, 1.54) is 22.5 Å². The van der Waals surface area contributed by atoms with Crippen molar-refractivity contribution in [2.24, 2.45) is 0 Å². The first-order valence-corrected chi connectivity index (χ1v) is 8.78. The second kappa shape index (κ2) is 6.97. The lowest BCUT2D eigenvalue weighted by atomic mass is 10.0. The van der Waals surface area contributed by atoms with Gasteiger partial charge in [-0.25, -0.2) is 4.98 Å². The third-order valence-corrected chi connectivity index (χ3v) is 4.67. The van der Waals surface area contributed by atoms with E-state index < -0.39 is 0 Å². The second-order valence-corrected chi connectivity index (χ2v) is 6.98. The van der Waals surface area contributed by atoms with Gasteiger partial charge < -0.3 is 5.32 Å². The van der Waals surface area contributed by atoms with Crippen LogP contribution >= 0.6 is 11.3 Å². The zero-order valence-corrected chi connectivity index (χ0v) is 14.9. The number of nitrogens with zero attached hydrogens (tertiary/aromatic N) is 1. The van der Waals surface area contributed by atoms with Crippen LogP contribution in [0.1, 0.15) is 21.7 Å². The molecule has 1 heterocycles. The van der Waals surface area contributed by atoms with Gasteiger partial charge in [0.25, 0.3) is 0 Å². The fourth-order valence-electron chi connectivity index (χ4n) is 2.68. The molecule has 0 aliphatic carbocycles. The van der Waals surface area contributed by atoms with Crippen molar-refractivity contribution < 1.29 is 4.79 Å². The van der Waals surface area contributed by atoms with Crippen molar-refractivity contribution in [3.8, 4) is 11.3 Å². The lowest BCUT2D eigenvalue weighted by Crippen LogP contribution is -2.14. The minimum Gasteiger partial charge on any atom is -0.326 e. The first-order chi connectivity index (χ1) is 11.5. The quantitative estimate of drug-likeness (QED) is 0.735. The summed E-state index contributed by atoms with van der Waals surface area (Å²) in [5.41, 5.74) is 6.46. The van der Waals surface area contributed by atoms with Crippen molar-refractivity contribution in [1.82, 2.24) is 4.98 Å². The molecule has 0 radical (unpaired) electrons. The molecule has 4 heteroatoms. The number of hydrogen-bond acceptors (Lipinski definition) is 3. The van der Waals surface area contributed by atoms with E-state index in [9.17, 15) is 4.79 Å². The second-order valence-electron chi connectivity index (χ2n) is 6.04. The highest BCUT2D eigenvalue weighted by atomic mass is 32.1. The number of nitrogens with one attached hydrogen (secondary N) is 1. The Morgan fingerprint density at radius 1 is 1.08 bits per heavy atom. The molecule has 1 amide bonds. The van der Waals surface area contributed by atoms with E-state index >= 15 is 0 Å². The van der Waals surface area contributed by atoms with Gasteiger partial charge in [-0.15, -0.1) is 11.3 Å². The zero-order chi connectivity index (χ0) is 17.1. The van der Waals surface area contributed by atoms with Crippen LogP contribution in [0.4, 0.5) is 5.69 Å². The highest BCUT2D eigenvalue weighted by Crippen LogP contribution is 2.26. The van der Waals surface area contributed by atoms with Crippen LogP contribution in [-0.2, 0) is 11.2 Å². The van der Waals surface area contributed by atoms with Crippen LogP contribution in [0.3, 0.4) is 0 Å². The summed E-state index contributed by atoms with van der Waals surface area (Å²) in [6, 6.07) is 14.1. The van der Waals surface area contributed by atoms with E-state index in [-0.39, 0.29) is 5.91 Å². The molecule has 1 aromatic heterocycles. The normalized spacial score (nSPS) is 10.6. The van der Waals surface area contributed by atoms with E-state index in [0.29, 0.717) is 6.42 Å². The molecule has 0 saturated heterocycles. The van der Waals surface area contributed by atoms with Crippen molar-refractivity contribution in [2.75, 3.05) is 5.32 Å². The van der Waals surface area contributed by atoms with Gasteiger partial charge in [0.1, 0.15) is 5.01 Å². The van der Waals surface area contributed by atoms with E-state index in [1.54, 1.807) is 0 Å². The smallest absolute Gasteiger partial charge is 0.231 e. The molecule has 3 nitrogen and oxygen atoms in total. The Kier molecular flexibility index (Phi) is 4.76. The van der Waals surface area contributed by atoms with Gasteiger partial charge >= 0.3 is 0 Å². The fourth-order valence-corrected chi connectivity index (χ4v) is 3.47. The third kappa shape index (κ3) is 3.89. The highest BCUT2D eigenvalue weighted by molar-refractivity contribution is 7.10. The standard InChI is InChI=1S/C20H20N2OS/c1-13-5-4-6-16(10-13)21-19(23)11-20-22-18(12-24-20)17-8-7-14(2)9-15(17)3/h4-10,12H,11H2,1-3H3,(H,21,23). The first kappa shape index (κ1) is 16.4. The van der Waals surface area contributed by atoms with Crippen molar-refractivity contribution in [3.63, 3.8) is 0 Å². The number of anilines is 1. The molecular weight excluding hydrogens is 316 g/mol. The van der Waals surface area contributed by atoms with Crippen LogP contribution in [0, 0.1) is 20.8 Å². The Hall–Kier alpha value is -2.46. The number of hydrogen-bond donors (Lipinski definition) is 1. The number of thiazole rings is 1. The molecule has 0 unspecified atom stereocenters. The number of carbonyl (C=O) groups excluding carboxylic acids is 1. The van der Waals surface area contributed by atoms with Gasteiger partial charge in [-0.1, -0.05) is 35.9 Å². The summed E-state index contributed by atoms with van der Waals surface area (Å²) in [5, 5.41) is 5.78. The van der Waals surface area contributed by atoms with Crippen LogP contribution in [-0.4, -0.2) is 10.9 Å². The van der Waals surface area contributed by atoms with E-state index in [4.69, 9.17) is 0 Å². The molecule has 0 aliphatic heterocycles. The summed E-state index contributed by atoms with van der Waals surface area (Å²) >= 11 is 1.53. The highest BCUT2D eigenvalue weighted by Gasteiger charge is 2.11. The maximum absolute atomic E-state index is 12.2. The van der Waals surface area contributed by atoms with Crippen LogP contribution in [0.2, 0.25) is 0 Å². The molecule has 24 heavy (non-hydrogen) atoms. The molecule has 0 fully saturated rings. The van der Waals surface area contributed by atoms with Gasteiger partial charge in [0.05, 0.1) is 12.1 Å². The first-order valence-electron chi connectivity index (χ1n) is 7.90. The monoisotopic (exact) mass is 336 g/mol. The fraction of sp³-hybridized carbons (Fsp3) is 0.200. The summed E-state index contributed by atoms with van der Waals surface area (Å²) in [4.78, 5) is 16.8. The lowest BCUT2D eigenvalue weighted by molar-refractivity contribution is -0.115. The summed E-state index contributed by atoms with van der Waals surface area (Å²) in [5.74, 6) is -0.0397. The maximum Gasteiger partial charge on any atom is 0.231 e. The van der Waals surface area contributed by atoms with Crippen LogP contribution in [0.25, 0.3) is 11.3 Å². The van der Waals surface area contributed by atoms with E-state index in [0.717, 1.165) is 27.5 Å². The Morgan fingerprint density at radius 2 is 1.88 bits per heavy atom. The Balaban J connectivity index is 1.70. The molecule has 3 rings (SSSR count). The van der Waals surface area contributed by atoms with Gasteiger partial charge in [0.2, 0.25) is 5.91 Å². The molecule has 2 aromatic carbocycles. The summed E-state index contributed by atoms with van der Waals surface area (Å²) in [6.45, 7) is 6.18. The van der Waals surface area contributed by atoms with Gasteiger partial charge in [0.15, 0.2) is 0 Å². The van der Waals surface area contributed by atoms with Crippen molar-refractivity contribution in [2.45, 2.75) is 27.2 Å². The molecule has 0 atom stereocenters. The van der Waals surface area contributed by atoms with Gasteiger partial charge in [-0.05, 0) is 44.0 Å². The average Bonchev–Trinajstić information content (AvgIpc) is 2.95. The van der Waals surface area contributed by atoms with E-state index in [1.807, 2.05) is 36.6 Å². The van der Waals surface area contributed by atoms with E-state index in [2.05, 4.69) is 42.3 Å². The Bertz CT molecular complexity index is 883. The Morgan fingerprint density at radius 3 is 2.62 bits per heavy atom. The molecule has 0 aliphatic rings. The molecule has 122 valence electrons. The topological polar surface area (TPSA) is 42.0 Å². The van der Waals surface area contributed by atoms with Crippen molar-refractivity contribution in [1.29, 1.82) is 0 Å². The van der Waals surface area contributed by atoms with Gasteiger partial charge in [0, 0.05) is 16.6 Å². The predicted octanol–water partition coefficient (Wildman–Crippen LogP) is 4.92. The van der Waals surface area contributed by atoms with Crippen LogP contribution in [0.5, 0.6) is 0 Å². The van der Waals surface area contributed by atoms with Crippen LogP contribution in [0.15, 0.2) is 47.8 Å². The SMILES string of the molecule is Cc1cccc(NC(=O)Cc2nc(-c3ccc(C)cc3C)cs2)c1. The maximum atomic E-state index is 12.2. The molecular formula is C20H20N2OS. The Labute approximate surface area is 146 Å². The zero-order valence-electron chi connectivity index (χ0n) is 14.1. The number of aromatic nitrogens is 1. The van der Waals surface area contributed by atoms with Crippen LogP contribution < -0.4 is 5.32 Å². The minimum atomic E-state index is -0.0397. The summed E-state index contributed by atoms with van der Waals surface area (Å²) in [6.07, 6.45) is 0.295. The minimum absolute atomic E-state index is 0.0397. The number of aryl methyl sites for hydroxylation is 3. The molecule has 0 bridgehead atoms.